The molecule has 1 aromatic carbocycles. The van der Waals surface area contributed by atoms with Crippen LogP contribution in [0.4, 0.5) is 30.7 Å². The molecular formula is C26H31F7N2O4S. The van der Waals surface area contributed by atoms with Gasteiger partial charge in [0.05, 0.1) is 0 Å². The van der Waals surface area contributed by atoms with E-state index in [9.17, 15) is 30.7 Å². The molecule has 0 amide bonds. The van der Waals surface area contributed by atoms with Crippen LogP contribution in [0, 0.1) is 18.2 Å². The van der Waals surface area contributed by atoms with Gasteiger partial charge in [-0.1, -0.05) is 12.1 Å². The summed E-state index contributed by atoms with van der Waals surface area (Å²) < 4.78 is 76.9. The summed E-state index contributed by atoms with van der Waals surface area (Å²) >= 11 is 1.94. The highest BCUT2D eigenvalue weighted by Crippen LogP contribution is 2.42. The van der Waals surface area contributed by atoms with Gasteiger partial charge in [0.15, 0.2) is 0 Å². The fraction of sp³-hybridized carbons (Fsp3) is 0.538. The van der Waals surface area contributed by atoms with Crippen LogP contribution in [0.15, 0.2) is 36.4 Å². The number of alkyl halides is 6. The SMILES string of the molecule is Cc1ccc(CN2CCC3(CCN(Cc4cccc(F)c4)CC3)CC2)s1.O=C(O)C(F)(F)F.O=C(O)C(F)(F)F. The average Bonchev–Trinajstić information content (AvgIpc) is 3.26. The number of benzene rings is 1. The third-order valence-corrected chi connectivity index (χ3v) is 7.77. The maximum Gasteiger partial charge on any atom is 0.490 e. The Bertz CT molecular complexity index is 1080. The predicted molar refractivity (Wildman–Crippen MR) is 134 cm³/mol. The number of rotatable bonds is 4. The molecule has 2 saturated heterocycles. The van der Waals surface area contributed by atoms with Crippen LogP contribution < -0.4 is 0 Å². The van der Waals surface area contributed by atoms with Crippen LogP contribution in [0.25, 0.3) is 0 Å². The highest BCUT2D eigenvalue weighted by Gasteiger charge is 2.39. The van der Waals surface area contributed by atoms with Crippen molar-refractivity contribution in [2.75, 3.05) is 26.2 Å². The highest BCUT2D eigenvalue weighted by molar-refractivity contribution is 7.11. The first-order valence-corrected chi connectivity index (χ1v) is 13.2. The van der Waals surface area contributed by atoms with Gasteiger partial charge in [0.1, 0.15) is 5.82 Å². The van der Waals surface area contributed by atoms with Gasteiger partial charge in [-0.2, -0.15) is 26.3 Å². The Morgan fingerprint density at radius 3 is 1.65 bits per heavy atom. The maximum absolute atomic E-state index is 13.4. The molecule has 40 heavy (non-hydrogen) atoms. The molecule has 0 aliphatic carbocycles. The first-order chi connectivity index (χ1) is 18.5. The van der Waals surface area contributed by atoms with Crippen molar-refractivity contribution < 1.29 is 50.5 Å². The standard InChI is InChI=1S/C22H29FN2S.2C2HF3O2/c1-18-5-6-21(26-18)17-25-13-9-22(10-14-25)7-11-24(12-8-22)16-19-3-2-4-20(23)15-19;2*3-2(4,5)1(6)7/h2-6,15H,7-14,16-17H2,1H3;2*(H,6,7). The van der Waals surface area contributed by atoms with Crippen molar-refractivity contribution in [3.8, 4) is 0 Å². The Balaban J connectivity index is 0.000000333. The van der Waals surface area contributed by atoms with Crippen molar-refractivity contribution >= 4 is 23.3 Å². The van der Waals surface area contributed by atoms with Gasteiger partial charge < -0.3 is 10.2 Å². The molecule has 224 valence electrons. The summed E-state index contributed by atoms with van der Waals surface area (Å²) in [6.45, 7) is 8.98. The summed E-state index contributed by atoms with van der Waals surface area (Å²) in [7, 11) is 0. The molecule has 2 fully saturated rings. The fourth-order valence-electron chi connectivity index (χ4n) is 4.55. The van der Waals surface area contributed by atoms with E-state index in [2.05, 4.69) is 28.9 Å². The predicted octanol–water partition coefficient (Wildman–Crippen LogP) is 6.34. The van der Waals surface area contributed by atoms with Crippen LogP contribution in [0.1, 0.15) is 41.0 Å². The largest absolute Gasteiger partial charge is 0.490 e. The lowest BCUT2D eigenvalue weighted by molar-refractivity contribution is -0.193. The van der Waals surface area contributed by atoms with Gasteiger partial charge >= 0.3 is 24.3 Å². The molecule has 2 aromatic rings. The topological polar surface area (TPSA) is 81.1 Å². The van der Waals surface area contributed by atoms with Crippen LogP contribution in [-0.4, -0.2) is 70.5 Å². The molecule has 0 atom stereocenters. The normalized spacial score (nSPS) is 17.8. The number of halogens is 7. The van der Waals surface area contributed by atoms with Gasteiger partial charge in [-0.05, 0) is 94.0 Å². The zero-order valence-corrected chi connectivity index (χ0v) is 22.5. The lowest BCUT2D eigenvalue weighted by Crippen LogP contribution is -2.46. The summed E-state index contributed by atoms with van der Waals surface area (Å²) in [5.74, 6) is -5.63. The Morgan fingerprint density at radius 2 is 1.27 bits per heavy atom. The molecule has 2 aliphatic heterocycles. The van der Waals surface area contributed by atoms with E-state index in [1.807, 2.05) is 23.5 Å². The van der Waals surface area contributed by atoms with Crippen LogP contribution in [0.3, 0.4) is 0 Å². The number of hydrogen-bond donors (Lipinski definition) is 2. The van der Waals surface area contributed by atoms with Crippen LogP contribution in [-0.2, 0) is 22.7 Å². The molecule has 3 heterocycles. The van der Waals surface area contributed by atoms with Crippen molar-refractivity contribution in [2.45, 2.75) is 58.0 Å². The van der Waals surface area contributed by atoms with Crippen molar-refractivity contribution in [3.63, 3.8) is 0 Å². The van der Waals surface area contributed by atoms with Crippen molar-refractivity contribution in [1.82, 2.24) is 9.80 Å². The van der Waals surface area contributed by atoms with Gasteiger partial charge in [-0.3, -0.25) is 9.80 Å². The van der Waals surface area contributed by atoms with Gasteiger partial charge in [0.2, 0.25) is 0 Å². The monoisotopic (exact) mass is 600 g/mol. The second-order valence-electron chi connectivity index (χ2n) is 9.80. The van der Waals surface area contributed by atoms with Crippen molar-refractivity contribution in [3.05, 3.63) is 57.5 Å². The van der Waals surface area contributed by atoms with E-state index >= 15 is 0 Å². The Morgan fingerprint density at radius 1 is 0.825 bits per heavy atom. The summed E-state index contributed by atoms with van der Waals surface area (Å²) in [4.78, 5) is 25.8. The number of piperidine rings is 2. The van der Waals surface area contributed by atoms with Crippen LogP contribution >= 0.6 is 11.3 Å². The molecule has 14 heteroatoms. The Labute approximate surface area is 231 Å². The van der Waals surface area contributed by atoms with Crippen molar-refractivity contribution in [1.29, 1.82) is 0 Å². The number of carboxylic acids is 2. The molecule has 4 rings (SSSR count). The second kappa shape index (κ2) is 14.3. The summed E-state index contributed by atoms with van der Waals surface area (Å²) in [6, 6.07) is 11.6. The zero-order valence-electron chi connectivity index (χ0n) is 21.7. The number of aliphatic carboxylic acids is 2. The first kappa shape index (κ1) is 33.5. The van der Waals surface area contributed by atoms with Gasteiger partial charge in [0.25, 0.3) is 0 Å². The zero-order chi connectivity index (χ0) is 30.1. The van der Waals surface area contributed by atoms with E-state index in [0.29, 0.717) is 5.41 Å². The number of thiophene rings is 1. The van der Waals surface area contributed by atoms with E-state index < -0.39 is 24.3 Å². The van der Waals surface area contributed by atoms with E-state index in [4.69, 9.17) is 19.8 Å². The molecule has 6 nitrogen and oxygen atoms in total. The minimum atomic E-state index is -5.08. The quantitative estimate of drug-likeness (QED) is 0.399. The lowest BCUT2D eigenvalue weighted by Gasteiger charge is -2.47. The Kier molecular flexibility index (Phi) is 11.9. The number of aryl methyl sites for hydroxylation is 1. The maximum atomic E-state index is 13.4. The minimum absolute atomic E-state index is 0.121. The third kappa shape index (κ3) is 11.4. The highest BCUT2D eigenvalue weighted by atomic mass is 32.1. The smallest absolute Gasteiger partial charge is 0.475 e. The van der Waals surface area contributed by atoms with Gasteiger partial charge in [-0.15, -0.1) is 11.3 Å². The van der Waals surface area contributed by atoms with Gasteiger partial charge in [0, 0.05) is 22.8 Å². The van der Waals surface area contributed by atoms with E-state index in [-0.39, 0.29) is 5.82 Å². The molecule has 0 radical (unpaired) electrons. The number of likely N-dealkylation sites (tertiary alicyclic amines) is 2. The number of nitrogens with zero attached hydrogens (tertiary/aromatic N) is 2. The number of carbonyl (C=O) groups is 2. The third-order valence-electron chi connectivity index (χ3n) is 6.79. The molecule has 0 bridgehead atoms. The summed E-state index contributed by atoms with van der Waals surface area (Å²) in [6.07, 6.45) is -4.89. The van der Waals surface area contributed by atoms with Crippen LogP contribution in [0.5, 0.6) is 0 Å². The minimum Gasteiger partial charge on any atom is -0.475 e. The first-order valence-electron chi connectivity index (χ1n) is 12.3. The summed E-state index contributed by atoms with van der Waals surface area (Å²) in [5.41, 5.74) is 1.65. The van der Waals surface area contributed by atoms with Crippen LogP contribution in [0.2, 0.25) is 0 Å². The molecule has 1 spiro atoms. The second-order valence-corrected chi connectivity index (χ2v) is 11.2. The Hall–Kier alpha value is -2.71. The lowest BCUT2D eigenvalue weighted by atomic mass is 9.71. The summed E-state index contributed by atoms with van der Waals surface area (Å²) in [5, 5.41) is 14.2. The van der Waals surface area contributed by atoms with Gasteiger partial charge in [-0.25, -0.2) is 14.0 Å². The fourth-order valence-corrected chi connectivity index (χ4v) is 5.49. The van der Waals surface area contributed by atoms with Crippen molar-refractivity contribution in [2.24, 2.45) is 5.41 Å². The van der Waals surface area contributed by atoms with E-state index in [0.717, 1.165) is 31.7 Å². The number of carboxylic acid groups (broad SMARTS) is 2. The van der Waals surface area contributed by atoms with E-state index in [1.54, 1.807) is 6.07 Å². The molecule has 0 saturated carbocycles. The molecule has 2 aliphatic rings. The molecule has 0 unspecified atom stereocenters. The van der Waals surface area contributed by atoms with E-state index in [1.165, 1.54) is 54.6 Å². The molecule has 2 N–H and O–H groups in total. The average molecular weight is 601 g/mol. The number of hydrogen-bond acceptors (Lipinski definition) is 5. The molecular weight excluding hydrogens is 569 g/mol. The molecule has 1 aromatic heterocycles.